The molecule has 0 atom stereocenters. The molecule has 0 radical (unpaired) electrons. The van der Waals surface area contributed by atoms with Crippen LogP contribution in [0.25, 0.3) is 0 Å². The molecule has 0 bridgehead atoms. The summed E-state index contributed by atoms with van der Waals surface area (Å²) in [4.78, 5) is 23.1. The van der Waals surface area contributed by atoms with Gasteiger partial charge in [-0.05, 0) is 61.3 Å². The van der Waals surface area contributed by atoms with Gasteiger partial charge < -0.3 is 31.4 Å². The summed E-state index contributed by atoms with van der Waals surface area (Å²) >= 11 is 3.11. The molecule has 0 aliphatic carbocycles. The number of para-hydroxylation sites is 2. The minimum absolute atomic E-state index is 0. The van der Waals surface area contributed by atoms with Crippen LogP contribution in [0.2, 0.25) is 0 Å². The Hall–Kier alpha value is -2.25. The second-order valence-electron chi connectivity index (χ2n) is 7.69. The molecule has 2 aromatic rings. The van der Waals surface area contributed by atoms with Crippen molar-refractivity contribution in [2.24, 2.45) is 0 Å². The summed E-state index contributed by atoms with van der Waals surface area (Å²) in [5.74, 6) is 1.26. The van der Waals surface area contributed by atoms with Crippen LogP contribution in [0.1, 0.15) is 27.6 Å². The van der Waals surface area contributed by atoms with E-state index in [4.69, 9.17) is 14.7 Å². The molecule has 0 heterocycles. The molecule has 184 valence electrons. The average Bonchev–Trinajstić information content (AvgIpc) is 2.73. The Labute approximate surface area is 217 Å². The molecule has 2 aromatic carbocycles. The molecule has 0 aliphatic rings. The van der Waals surface area contributed by atoms with E-state index in [1.54, 1.807) is 36.4 Å². The summed E-state index contributed by atoms with van der Waals surface area (Å²) < 4.78 is 11.3. The molecule has 0 spiro atoms. The van der Waals surface area contributed by atoms with Gasteiger partial charge in [-0.3, -0.25) is 14.1 Å². The van der Waals surface area contributed by atoms with Crippen molar-refractivity contribution in [2.45, 2.75) is 6.92 Å². The number of hydrogen-bond donors (Lipinski definition) is 0. The fraction of sp³-hybridized carbons (Fsp3) is 0.375. The van der Waals surface area contributed by atoms with Crippen LogP contribution >= 0.6 is 15.9 Å². The van der Waals surface area contributed by atoms with Gasteiger partial charge in [0, 0.05) is 6.92 Å². The predicted molar refractivity (Wildman–Crippen MR) is 133 cm³/mol. The van der Waals surface area contributed by atoms with E-state index < -0.39 is 0 Å². The standard InChI is InChI=1S/C11H16NO2.C8H7BrO2.C3H9N.C2H3N.BrH/c1-12(2,3)9-14-11-7-5-4-6-10(11)8-13;9-6-11-8-4-2-1-3-7(8)5-10;1-4(2)3;1-2-3;/h4-8H,9H2,1-3H3;1-5H,6H2;1-3H3;1H3;1H/q+1;;;;/p-1. The van der Waals surface area contributed by atoms with Gasteiger partial charge in [0.05, 0.1) is 38.3 Å². The lowest BCUT2D eigenvalue weighted by Gasteiger charge is -2.23. The highest BCUT2D eigenvalue weighted by Gasteiger charge is 2.09. The molecule has 9 heteroatoms. The first kappa shape index (κ1) is 35.3. The first-order valence-corrected chi connectivity index (χ1v) is 10.8. The van der Waals surface area contributed by atoms with Crippen LogP contribution in [0.4, 0.5) is 0 Å². The molecular formula is C24H35Br2N3O4. The minimum Gasteiger partial charge on any atom is -1.00 e. The van der Waals surface area contributed by atoms with Crippen LogP contribution in [0, 0.1) is 11.3 Å². The lowest BCUT2D eigenvalue weighted by atomic mass is 10.2. The highest BCUT2D eigenvalue weighted by molar-refractivity contribution is 9.09. The maximum atomic E-state index is 10.7. The van der Waals surface area contributed by atoms with Crippen molar-refractivity contribution in [3.8, 4) is 17.6 Å². The average molecular weight is 589 g/mol. The molecule has 0 aliphatic heterocycles. The van der Waals surface area contributed by atoms with E-state index in [2.05, 4.69) is 15.9 Å². The fourth-order valence-electron chi connectivity index (χ4n) is 1.74. The number of rotatable bonds is 7. The summed E-state index contributed by atoms with van der Waals surface area (Å²) in [5, 5.41) is 7.32. The zero-order valence-corrected chi connectivity index (χ0v) is 23.6. The van der Waals surface area contributed by atoms with E-state index in [0.29, 0.717) is 39.4 Å². The molecule has 2 rings (SSSR count). The third-order valence-corrected chi connectivity index (χ3v) is 3.14. The van der Waals surface area contributed by atoms with Crippen LogP contribution in [-0.4, -0.2) is 76.5 Å². The van der Waals surface area contributed by atoms with E-state index in [-0.39, 0.29) is 17.0 Å². The Balaban J connectivity index is -0.000000422. The van der Waals surface area contributed by atoms with E-state index in [0.717, 1.165) is 12.6 Å². The molecule has 0 fully saturated rings. The zero-order valence-electron chi connectivity index (χ0n) is 20.4. The van der Waals surface area contributed by atoms with Crippen LogP contribution in [0.5, 0.6) is 11.5 Å². The maximum absolute atomic E-state index is 10.7. The van der Waals surface area contributed by atoms with E-state index in [9.17, 15) is 9.59 Å². The van der Waals surface area contributed by atoms with Gasteiger partial charge >= 0.3 is 0 Å². The summed E-state index contributed by atoms with van der Waals surface area (Å²) in [5.41, 5.74) is 1.57. The van der Waals surface area contributed by atoms with Gasteiger partial charge in [0.2, 0.25) is 6.73 Å². The number of alkyl halides is 1. The quantitative estimate of drug-likeness (QED) is 0.211. The van der Waals surface area contributed by atoms with E-state index in [1.165, 1.54) is 6.92 Å². The molecule has 0 saturated carbocycles. The van der Waals surface area contributed by atoms with Crippen molar-refractivity contribution in [1.82, 2.24) is 4.90 Å². The second-order valence-corrected chi connectivity index (χ2v) is 8.15. The Kier molecular flexibility index (Phi) is 23.1. The Morgan fingerprint density at radius 1 is 0.909 bits per heavy atom. The van der Waals surface area contributed by atoms with Crippen molar-refractivity contribution in [3.63, 3.8) is 0 Å². The third kappa shape index (κ3) is 21.4. The number of benzene rings is 2. The number of quaternary nitrogens is 1. The number of nitrogens with zero attached hydrogens (tertiary/aromatic N) is 3. The Bertz CT molecular complexity index is 817. The first-order valence-electron chi connectivity index (χ1n) is 9.68. The summed E-state index contributed by atoms with van der Waals surface area (Å²) in [7, 11) is 12.1. The van der Waals surface area contributed by atoms with Crippen LogP contribution in [-0.2, 0) is 0 Å². The van der Waals surface area contributed by atoms with Crippen molar-refractivity contribution in [1.29, 1.82) is 5.26 Å². The predicted octanol–water partition coefficient (Wildman–Crippen LogP) is 1.48. The number of aldehydes is 2. The van der Waals surface area contributed by atoms with Crippen molar-refractivity contribution < 1.29 is 40.5 Å². The number of hydrogen-bond acceptors (Lipinski definition) is 6. The molecule has 0 amide bonds. The molecule has 7 nitrogen and oxygen atoms in total. The normalized spacial score (nSPS) is 9.09. The molecule has 33 heavy (non-hydrogen) atoms. The topological polar surface area (TPSA) is 79.6 Å². The van der Waals surface area contributed by atoms with E-state index in [1.807, 2.05) is 65.4 Å². The Morgan fingerprint density at radius 3 is 1.55 bits per heavy atom. The molecular weight excluding hydrogens is 554 g/mol. The van der Waals surface area contributed by atoms with Crippen molar-refractivity contribution in [2.75, 3.05) is 54.5 Å². The van der Waals surface area contributed by atoms with Gasteiger partial charge in [-0.25, -0.2) is 0 Å². The molecule has 0 unspecified atom stereocenters. The Morgan fingerprint density at radius 2 is 1.24 bits per heavy atom. The number of carbonyl (C=O) groups is 2. The van der Waals surface area contributed by atoms with Crippen molar-refractivity contribution >= 4 is 28.5 Å². The number of halogens is 2. The summed E-state index contributed by atoms with van der Waals surface area (Å²) in [6.45, 7) is 1.98. The van der Waals surface area contributed by atoms with Gasteiger partial charge in [0.25, 0.3) is 0 Å². The summed E-state index contributed by atoms with van der Waals surface area (Å²) in [6.07, 6.45) is 1.59. The second kappa shape index (κ2) is 21.6. The molecule has 0 saturated heterocycles. The summed E-state index contributed by atoms with van der Waals surface area (Å²) in [6, 6.07) is 16.1. The van der Waals surface area contributed by atoms with Crippen LogP contribution in [0.3, 0.4) is 0 Å². The molecule has 0 aromatic heterocycles. The monoisotopic (exact) mass is 587 g/mol. The van der Waals surface area contributed by atoms with E-state index >= 15 is 0 Å². The maximum Gasteiger partial charge on any atom is 0.223 e. The smallest absolute Gasteiger partial charge is 0.223 e. The first-order chi connectivity index (χ1) is 15.1. The fourth-order valence-corrected chi connectivity index (χ4v) is 1.99. The SMILES string of the molecule is CC#N.CN(C)C.C[N+](C)(C)COc1ccccc1C=O.O=Cc1ccccc1OCBr.[Br-]. The number of nitriles is 1. The highest BCUT2D eigenvalue weighted by Crippen LogP contribution is 2.16. The van der Waals surface area contributed by atoms with Gasteiger partial charge in [0.15, 0.2) is 12.6 Å². The van der Waals surface area contributed by atoms with Crippen LogP contribution < -0.4 is 26.5 Å². The third-order valence-electron chi connectivity index (χ3n) is 2.91. The van der Waals surface area contributed by atoms with Gasteiger partial charge in [0.1, 0.15) is 17.0 Å². The minimum atomic E-state index is 0. The zero-order chi connectivity index (χ0) is 25.0. The van der Waals surface area contributed by atoms with Crippen LogP contribution in [0.15, 0.2) is 48.5 Å². The lowest BCUT2D eigenvalue weighted by Crippen LogP contribution is -3.00. The van der Waals surface area contributed by atoms with Gasteiger partial charge in [-0.1, -0.05) is 24.3 Å². The largest absolute Gasteiger partial charge is 1.00 e. The lowest BCUT2D eigenvalue weighted by molar-refractivity contribution is -0.886. The highest BCUT2D eigenvalue weighted by atomic mass is 79.9. The number of carbonyl (C=O) groups excluding carboxylic acids is 2. The van der Waals surface area contributed by atoms with Gasteiger partial charge in [-0.2, -0.15) is 5.26 Å². The molecule has 0 N–H and O–H groups in total. The number of ether oxygens (including phenoxy) is 2. The van der Waals surface area contributed by atoms with Crippen molar-refractivity contribution in [3.05, 3.63) is 59.7 Å². The van der Waals surface area contributed by atoms with Gasteiger partial charge in [-0.15, -0.1) is 0 Å².